The van der Waals surface area contributed by atoms with E-state index in [1.54, 1.807) is 37.7 Å². The summed E-state index contributed by atoms with van der Waals surface area (Å²) in [6.07, 6.45) is 3.21. The summed E-state index contributed by atoms with van der Waals surface area (Å²) in [5.41, 5.74) is 1.28. The molecule has 0 radical (unpaired) electrons. The van der Waals surface area contributed by atoms with Crippen molar-refractivity contribution in [2.24, 2.45) is 0 Å². The number of carbonyl (C=O) groups excluding carboxylic acids is 1. The standard InChI is InChI=1S/C14H14N2O3/c1-9-7-15-14(16-8-9)13(17)11-6-10(18-2)4-5-12(11)19-3/h4-8H,1-3H3. The van der Waals surface area contributed by atoms with E-state index in [9.17, 15) is 4.79 Å². The van der Waals surface area contributed by atoms with Crippen LogP contribution in [-0.2, 0) is 0 Å². The molecule has 2 rings (SSSR count). The Morgan fingerprint density at radius 1 is 1.11 bits per heavy atom. The van der Waals surface area contributed by atoms with Crippen LogP contribution in [0.15, 0.2) is 30.6 Å². The number of aromatic nitrogens is 2. The molecule has 0 spiro atoms. The molecule has 1 heterocycles. The van der Waals surface area contributed by atoms with E-state index in [2.05, 4.69) is 9.97 Å². The number of hydrogen-bond acceptors (Lipinski definition) is 5. The van der Waals surface area contributed by atoms with Crippen molar-refractivity contribution >= 4 is 5.78 Å². The monoisotopic (exact) mass is 258 g/mol. The van der Waals surface area contributed by atoms with E-state index in [0.29, 0.717) is 17.1 Å². The first-order valence-corrected chi connectivity index (χ1v) is 5.71. The Balaban J connectivity index is 2.44. The van der Waals surface area contributed by atoms with Crippen molar-refractivity contribution in [1.82, 2.24) is 9.97 Å². The van der Waals surface area contributed by atoms with E-state index in [1.165, 1.54) is 7.11 Å². The highest BCUT2D eigenvalue weighted by Crippen LogP contribution is 2.25. The van der Waals surface area contributed by atoms with Gasteiger partial charge in [0.05, 0.1) is 19.8 Å². The maximum atomic E-state index is 12.3. The van der Waals surface area contributed by atoms with Gasteiger partial charge < -0.3 is 9.47 Å². The van der Waals surface area contributed by atoms with Gasteiger partial charge in [-0.1, -0.05) is 0 Å². The first kappa shape index (κ1) is 13.0. The van der Waals surface area contributed by atoms with Crippen LogP contribution in [0.1, 0.15) is 21.7 Å². The Labute approximate surface area is 111 Å². The van der Waals surface area contributed by atoms with Crippen LogP contribution in [0.25, 0.3) is 0 Å². The number of methoxy groups -OCH3 is 2. The van der Waals surface area contributed by atoms with Crippen LogP contribution in [0.5, 0.6) is 11.5 Å². The van der Waals surface area contributed by atoms with Gasteiger partial charge in [0.2, 0.25) is 11.6 Å². The fourth-order valence-corrected chi connectivity index (χ4v) is 1.62. The van der Waals surface area contributed by atoms with Gasteiger partial charge in [0.1, 0.15) is 11.5 Å². The summed E-state index contributed by atoms with van der Waals surface area (Å²) in [5.74, 6) is 0.888. The largest absolute Gasteiger partial charge is 0.497 e. The van der Waals surface area contributed by atoms with Gasteiger partial charge in [0.15, 0.2) is 0 Å². The third-order valence-corrected chi connectivity index (χ3v) is 2.64. The van der Waals surface area contributed by atoms with E-state index < -0.39 is 0 Å². The number of hydrogen-bond donors (Lipinski definition) is 0. The lowest BCUT2D eigenvalue weighted by molar-refractivity contribution is 0.102. The predicted molar refractivity (Wildman–Crippen MR) is 69.7 cm³/mol. The van der Waals surface area contributed by atoms with Crippen LogP contribution in [0.2, 0.25) is 0 Å². The van der Waals surface area contributed by atoms with Gasteiger partial charge in [-0.3, -0.25) is 4.79 Å². The normalized spacial score (nSPS) is 10.1. The van der Waals surface area contributed by atoms with E-state index >= 15 is 0 Å². The third-order valence-electron chi connectivity index (χ3n) is 2.64. The third kappa shape index (κ3) is 2.70. The van der Waals surface area contributed by atoms with Crippen molar-refractivity contribution in [1.29, 1.82) is 0 Å². The van der Waals surface area contributed by atoms with E-state index in [1.807, 2.05) is 6.92 Å². The van der Waals surface area contributed by atoms with Gasteiger partial charge in [-0.2, -0.15) is 0 Å². The number of ether oxygens (including phenoxy) is 2. The molecule has 19 heavy (non-hydrogen) atoms. The molecule has 0 N–H and O–H groups in total. The van der Waals surface area contributed by atoms with Crippen LogP contribution < -0.4 is 9.47 Å². The van der Waals surface area contributed by atoms with Gasteiger partial charge >= 0.3 is 0 Å². The number of carbonyl (C=O) groups is 1. The molecule has 0 unspecified atom stereocenters. The minimum absolute atomic E-state index is 0.136. The molecule has 0 bridgehead atoms. The van der Waals surface area contributed by atoms with E-state index in [-0.39, 0.29) is 11.6 Å². The maximum Gasteiger partial charge on any atom is 0.234 e. The molecule has 0 saturated carbocycles. The molecule has 0 atom stereocenters. The lowest BCUT2D eigenvalue weighted by Crippen LogP contribution is -2.09. The van der Waals surface area contributed by atoms with E-state index in [4.69, 9.17) is 9.47 Å². The summed E-state index contributed by atoms with van der Waals surface area (Å²) < 4.78 is 10.3. The summed E-state index contributed by atoms with van der Waals surface area (Å²) in [5, 5.41) is 0. The van der Waals surface area contributed by atoms with Gasteiger partial charge in [-0.05, 0) is 30.7 Å². The van der Waals surface area contributed by atoms with Crippen LogP contribution in [0, 0.1) is 6.92 Å². The Morgan fingerprint density at radius 3 is 2.37 bits per heavy atom. The van der Waals surface area contributed by atoms with E-state index in [0.717, 1.165) is 5.56 Å². The zero-order valence-electron chi connectivity index (χ0n) is 11.0. The Kier molecular flexibility index (Phi) is 3.75. The highest BCUT2D eigenvalue weighted by molar-refractivity contribution is 6.08. The second-order valence-electron chi connectivity index (χ2n) is 3.98. The van der Waals surface area contributed by atoms with Crippen molar-refractivity contribution in [3.63, 3.8) is 0 Å². The summed E-state index contributed by atoms with van der Waals surface area (Å²) >= 11 is 0. The first-order valence-electron chi connectivity index (χ1n) is 5.71. The van der Waals surface area contributed by atoms with Crippen LogP contribution in [0.4, 0.5) is 0 Å². The molecule has 0 saturated heterocycles. The smallest absolute Gasteiger partial charge is 0.234 e. The number of aryl methyl sites for hydroxylation is 1. The highest BCUT2D eigenvalue weighted by atomic mass is 16.5. The van der Waals surface area contributed by atoms with Crippen LogP contribution in [-0.4, -0.2) is 30.0 Å². The number of ketones is 1. The fraction of sp³-hybridized carbons (Fsp3) is 0.214. The Bertz CT molecular complexity index is 594. The second-order valence-corrected chi connectivity index (χ2v) is 3.98. The SMILES string of the molecule is COc1ccc(OC)c(C(=O)c2ncc(C)cn2)c1. The summed E-state index contributed by atoms with van der Waals surface area (Å²) in [4.78, 5) is 20.4. The molecule has 1 aromatic heterocycles. The minimum Gasteiger partial charge on any atom is -0.497 e. The van der Waals surface area contributed by atoms with Gasteiger partial charge in [0.25, 0.3) is 0 Å². The zero-order chi connectivity index (χ0) is 13.8. The average Bonchev–Trinajstić information content (AvgIpc) is 2.46. The van der Waals surface area contributed by atoms with Crippen molar-refractivity contribution < 1.29 is 14.3 Å². The molecule has 5 heteroatoms. The minimum atomic E-state index is -0.296. The topological polar surface area (TPSA) is 61.3 Å². The zero-order valence-corrected chi connectivity index (χ0v) is 11.0. The van der Waals surface area contributed by atoms with Crippen LogP contribution in [0.3, 0.4) is 0 Å². The summed E-state index contributed by atoms with van der Waals surface area (Å²) in [7, 11) is 3.05. The molecule has 0 fully saturated rings. The molecular formula is C14H14N2O3. The highest BCUT2D eigenvalue weighted by Gasteiger charge is 2.17. The summed E-state index contributed by atoms with van der Waals surface area (Å²) in [6, 6.07) is 5.02. The molecule has 0 amide bonds. The van der Waals surface area contributed by atoms with Crippen molar-refractivity contribution in [2.45, 2.75) is 6.92 Å². The molecule has 0 aliphatic rings. The van der Waals surface area contributed by atoms with Crippen molar-refractivity contribution in [3.05, 3.63) is 47.5 Å². The van der Waals surface area contributed by atoms with Gasteiger partial charge in [-0.15, -0.1) is 0 Å². The average molecular weight is 258 g/mol. The molecule has 5 nitrogen and oxygen atoms in total. The predicted octanol–water partition coefficient (Wildman–Crippen LogP) is 2.03. The van der Waals surface area contributed by atoms with Crippen molar-refractivity contribution in [2.75, 3.05) is 14.2 Å². The Morgan fingerprint density at radius 2 is 1.79 bits per heavy atom. The number of nitrogens with zero attached hydrogens (tertiary/aromatic N) is 2. The molecule has 2 aromatic rings. The van der Waals surface area contributed by atoms with Crippen LogP contribution >= 0.6 is 0 Å². The second kappa shape index (κ2) is 5.48. The molecular weight excluding hydrogens is 244 g/mol. The fourth-order valence-electron chi connectivity index (χ4n) is 1.62. The molecule has 0 aliphatic heterocycles. The summed E-state index contributed by atoms with van der Waals surface area (Å²) in [6.45, 7) is 1.86. The maximum absolute atomic E-state index is 12.3. The molecule has 1 aromatic carbocycles. The van der Waals surface area contributed by atoms with Gasteiger partial charge in [-0.25, -0.2) is 9.97 Å². The first-order chi connectivity index (χ1) is 9.15. The Hall–Kier alpha value is -2.43. The quantitative estimate of drug-likeness (QED) is 0.785. The van der Waals surface area contributed by atoms with Crippen molar-refractivity contribution in [3.8, 4) is 11.5 Å². The van der Waals surface area contributed by atoms with Gasteiger partial charge in [0, 0.05) is 12.4 Å². The lowest BCUT2D eigenvalue weighted by atomic mass is 10.1. The lowest BCUT2D eigenvalue weighted by Gasteiger charge is -2.08. The number of benzene rings is 1. The molecule has 0 aliphatic carbocycles. The molecule has 98 valence electrons. The number of rotatable bonds is 4.